The number of aliphatic hydroxyl groups is 1. The molecule has 3 aromatic rings. The van der Waals surface area contributed by atoms with E-state index in [1.54, 1.807) is 30.5 Å². The number of hydrogen-bond donors (Lipinski definition) is 1. The van der Waals surface area contributed by atoms with Crippen LogP contribution in [0.2, 0.25) is 5.02 Å². The van der Waals surface area contributed by atoms with E-state index in [-0.39, 0.29) is 46.5 Å². The molecule has 13 heteroatoms. The van der Waals surface area contributed by atoms with Gasteiger partial charge in [-0.25, -0.2) is 0 Å². The summed E-state index contributed by atoms with van der Waals surface area (Å²) >= 11 is 6.63. The van der Waals surface area contributed by atoms with Gasteiger partial charge in [-0.3, -0.25) is 24.1 Å². The summed E-state index contributed by atoms with van der Waals surface area (Å²) in [5.74, 6) is -0.411. The second-order valence-corrected chi connectivity index (χ2v) is 10.7. The van der Waals surface area contributed by atoms with Crippen LogP contribution in [0.3, 0.4) is 0 Å². The van der Waals surface area contributed by atoms with E-state index in [9.17, 15) is 22.8 Å². The summed E-state index contributed by atoms with van der Waals surface area (Å²) in [7, 11) is 0. The van der Waals surface area contributed by atoms with Gasteiger partial charge in [0.05, 0.1) is 54.6 Å². The normalized spacial score (nSPS) is 20.1. The molecule has 8 nitrogen and oxygen atoms in total. The zero-order chi connectivity index (χ0) is 27.7. The monoisotopic (exact) mass is 580 g/mol. The van der Waals surface area contributed by atoms with E-state index in [0.717, 1.165) is 17.8 Å². The van der Waals surface area contributed by atoms with Crippen molar-refractivity contribution in [2.75, 3.05) is 39.4 Å². The quantitative estimate of drug-likeness (QED) is 0.412. The molecule has 0 aliphatic carbocycles. The molecule has 0 unspecified atom stereocenters. The first kappa shape index (κ1) is 27.7. The number of halogens is 4. The van der Waals surface area contributed by atoms with E-state index >= 15 is 0 Å². The molecule has 0 saturated carbocycles. The lowest BCUT2D eigenvalue weighted by atomic mass is 10.1. The average Bonchev–Trinajstić information content (AvgIpc) is 3.40. The lowest BCUT2D eigenvalue weighted by Gasteiger charge is -2.33. The summed E-state index contributed by atoms with van der Waals surface area (Å²) < 4.78 is 47.7. The molecule has 2 saturated heterocycles. The maximum Gasteiger partial charge on any atom is 0.416 e. The number of morpholine rings is 1. The van der Waals surface area contributed by atoms with Crippen LogP contribution in [0.5, 0.6) is 0 Å². The molecule has 1 atom stereocenters. The minimum atomic E-state index is -4.55. The Balaban J connectivity index is 1.32. The molecule has 39 heavy (non-hydrogen) atoms. The Bertz CT molecular complexity index is 1440. The zero-order valence-corrected chi connectivity index (χ0v) is 22.1. The van der Waals surface area contributed by atoms with Gasteiger partial charge < -0.3 is 9.84 Å². The van der Waals surface area contributed by atoms with Gasteiger partial charge in [-0.1, -0.05) is 23.7 Å². The summed E-state index contributed by atoms with van der Waals surface area (Å²) in [6.07, 6.45) is -1.73. The number of β-amino-alcohol motifs (C(OH)–C–C–N with tert-alkyl or cyclic N) is 1. The molecule has 2 amide bonds. The number of nitrogens with zero attached hydrogens (tertiary/aromatic N) is 4. The predicted molar refractivity (Wildman–Crippen MR) is 141 cm³/mol. The average molecular weight is 581 g/mol. The van der Waals surface area contributed by atoms with Crippen LogP contribution in [-0.4, -0.2) is 81.3 Å². The summed E-state index contributed by atoms with van der Waals surface area (Å²) in [4.78, 5) is 29.1. The Morgan fingerprint density at radius 1 is 1.21 bits per heavy atom. The molecule has 206 valence electrons. The van der Waals surface area contributed by atoms with E-state index in [1.165, 1.54) is 21.7 Å². The van der Waals surface area contributed by atoms with Crippen LogP contribution in [0.4, 0.5) is 18.0 Å². The van der Waals surface area contributed by atoms with Crippen molar-refractivity contribution in [2.24, 2.45) is 0 Å². The van der Waals surface area contributed by atoms with Gasteiger partial charge in [-0.05, 0) is 53.2 Å². The van der Waals surface area contributed by atoms with Gasteiger partial charge >= 0.3 is 6.18 Å². The molecule has 2 aromatic carbocycles. The van der Waals surface area contributed by atoms with Crippen LogP contribution in [-0.2, 0) is 22.3 Å². The highest BCUT2D eigenvalue weighted by Gasteiger charge is 2.37. The van der Waals surface area contributed by atoms with Crippen LogP contribution in [0.15, 0.2) is 47.5 Å². The highest BCUT2D eigenvalue weighted by Crippen LogP contribution is 2.35. The lowest BCUT2D eigenvalue weighted by Crippen LogP contribution is -2.49. The smallest absolute Gasteiger partial charge is 0.395 e. The van der Waals surface area contributed by atoms with Crippen molar-refractivity contribution >= 4 is 51.5 Å². The van der Waals surface area contributed by atoms with Gasteiger partial charge in [0.1, 0.15) is 0 Å². The van der Waals surface area contributed by atoms with E-state index in [0.29, 0.717) is 42.7 Å². The van der Waals surface area contributed by atoms with Gasteiger partial charge in [-0.15, -0.1) is 0 Å². The minimum Gasteiger partial charge on any atom is -0.395 e. The van der Waals surface area contributed by atoms with Crippen molar-refractivity contribution in [1.29, 1.82) is 0 Å². The molecule has 0 bridgehead atoms. The first-order valence-corrected chi connectivity index (χ1v) is 13.3. The number of amides is 2. The van der Waals surface area contributed by atoms with Gasteiger partial charge in [-0.2, -0.15) is 18.3 Å². The summed E-state index contributed by atoms with van der Waals surface area (Å²) in [5.41, 5.74) is 0.491. The van der Waals surface area contributed by atoms with Crippen LogP contribution in [0.25, 0.3) is 17.0 Å². The number of aromatic nitrogens is 2. The van der Waals surface area contributed by atoms with E-state index in [1.807, 2.05) is 4.90 Å². The number of hydrogen-bond acceptors (Lipinski definition) is 7. The number of rotatable bonds is 7. The van der Waals surface area contributed by atoms with Crippen molar-refractivity contribution in [3.8, 4) is 0 Å². The van der Waals surface area contributed by atoms with E-state index in [4.69, 9.17) is 21.4 Å². The van der Waals surface area contributed by atoms with Crippen LogP contribution in [0.1, 0.15) is 16.7 Å². The SMILES string of the molecule is O=C1S/C(=C\c2ccc3c(cnn3Cc3ccc(Cl)cc3C(F)(F)F)c2)C(=O)N1C[C@@H]1CN(CCO)CCO1. The highest BCUT2D eigenvalue weighted by molar-refractivity contribution is 8.18. The Hall–Kier alpha value is -2.90. The molecule has 5 rings (SSSR count). The molecule has 3 heterocycles. The number of benzene rings is 2. The lowest BCUT2D eigenvalue weighted by molar-refractivity contribution is -0.138. The number of ether oxygens (including phenoxy) is 1. The molecule has 1 aromatic heterocycles. The summed E-state index contributed by atoms with van der Waals surface area (Å²) in [5, 5.41) is 13.7. The second-order valence-electron chi connectivity index (χ2n) is 9.23. The topological polar surface area (TPSA) is 87.9 Å². The van der Waals surface area contributed by atoms with Crippen molar-refractivity contribution in [2.45, 2.75) is 18.8 Å². The zero-order valence-electron chi connectivity index (χ0n) is 20.5. The van der Waals surface area contributed by atoms with Crippen molar-refractivity contribution in [1.82, 2.24) is 19.6 Å². The van der Waals surface area contributed by atoms with Crippen LogP contribution in [0, 0.1) is 0 Å². The fraction of sp³-hybridized carbons (Fsp3) is 0.346. The number of carbonyl (C=O) groups excluding carboxylic acids is 2. The third-order valence-electron chi connectivity index (χ3n) is 6.56. The molecule has 2 fully saturated rings. The van der Waals surface area contributed by atoms with Crippen LogP contribution >= 0.6 is 23.4 Å². The Kier molecular flexibility index (Phi) is 8.01. The Morgan fingerprint density at radius 2 is 2.03 bits per heavy atom. The summed E-state index contributed by atoms with van der Waals surface area (Å²) in [6.45, 7) is 2.20. The summed E-state index contributed by atoms with van der Waals surface area (Å²) in [6, 6.07) is 8.85. The number of alkyl halides is 3. The number of aliphatic hydroxyl groups excluding tert-OH is 1. The van der Waals surface area contributed by atoms with Gasteiger partial charge in [0.2, 0.25) is 0 Å². The third-order valence-corrected chi connectivity index (χ3v) is 7.70. The maximum absolute atomic E-state index is 13.5. The van der Waals surface area contributed by atoms with E-state index < -0.39 is 17.6 Å². The molecule has 2 aliphatic rings. The number of imide groups is 1. The van der Waals surface area contributed by atoms with Gasteiger partial charge in [0.25, 0.3) is 11.1 Å². The predicted octanol–water partition coefficient (Wildman–Crippen LogP) is 4.49. The van der Waals surface area contributed by atoms with E-state index in [2.05, 4.69) is 5.10 Å². The maximum atomic E-state index is 13.5. The molecular formula is C26H24ClF3N4O4S. The Morgan fingerprint density at radius 3 is 2.79 bits per heavy atom. The number of fused-ring (bicyclic) bond motifs is 1. The molecule has 1 N–H and O–H groups in total. The number of thioether (sulfide) groups is 1. The fourth-order valence-electron chi connectivity index (χ4n) is 4.68. The minimum absolute atomic E-state index is 0.000362. The molecule has 2 aliphatic heterocycles. The molecule has 0 radical (unpaired) electrons. The second kappa shape index (κ2) is 11.3. The third kappa shape index (κ3) is 6.15. The van der Waals surface area contributed by atoms with Gasteiger partial charge in [0.15, 0.2) is 0 Å². The Labute approximate surface area is 230 Å². The molecular weight excluding hydrogens is 557 g/mol. The molecule has 0 spiro atoms. The standard InChI is InChI=1S/C26H24ClF3N4O4S/c27-19-3-2-17(21(11-19)26(28,29)30)13-34-22-4-1-16(9-18(22)12-31-34)10-23-24(36)33(25(37)39-23)15-20-14-32(5-7-35)6-8-38-20/h1-4,9-12,20,35H,5-8,13-15H2/b23-10-/t20-/m0/s1. The first-order valence-electron chi connectivity index (χ1n) is 12.1. The van der Waals surface area contributed by atoms with Crippen molar-refractivity contribution in [3.63, 3.8) is 0 Å². The first-order chi connectivity index (χ1) is 18.6. The highest BCUT2D eigenvalue weighted by atomic mass is 35.5. The van der Waals surface area contributed by atoms with Crippen molar-refractivity contribution < 1.29 is 32.6 Å². The van der Waals surface area contributed by atoms with Crippen molar-refractivity contribution in [3.05, 3.63) is 69.2 Å². The van der Waals surface area contributed by atoms with Gasteiger partial charge in [0, 0.05) is 30.0 Å². The number of carbonyl (C=O) groups is 2. The fourth-order valence-corrected chi connectivity index (χ4v) is 5.70. The van der Waals surface area contributed by atoms with Crippen LogP contribution < -0.4 is 0 Å². The largest absolute Gasteiger partial charge is 0.416 e.